The van der Waals surface area contributed by atoms with Gasteiger partial charge in [0.05, 0.1) is 16.6 Å². The first kappa shape index (κ1) is 21.9. The minimum atomic E-state index is -1.05. The first-order valence-electron chi connectivity index (χ1n) is 9.85. The van der Waals surface area contributed by atoms with E-state index in [2.05, 4.69) is 10.3 Å². The predicted octanol–water partition coefficient (Wildman–Crippen LogP) is 3.11. The Bertz CT molecular complexity index is 1230. The zero-order valence-electron chi connectivity index (χ0n) is 17.8. The molecule has 3 rings (SSSR count). The van der Waals surface area contributed by atoms with E-state index >= 15 is 0 Å². The van der Waals surface area contributed by atoms with Crippen LogP contribution in [0.2, 0.25) is 0 Å². The SMILES string of the molecule is CCn1c(=O)c(C)nc2cc(C(=O)O[C@@H](C)C(=O)Nc3ccc(C(C)=O)cc3)ccc21. The predicted molar refractivity (Wildman–Crippen MR) is 116 cm³/mol. The number of carbonyl (C=O) groups excluding carboxylic acids is 3. The number of hydrogen-bond acceptors (Lipinski definition) is 6. The Labute approximate surface area is 178 Å². The molecule has 0 spiro atoms. The first-order chi connectivity index (χ1) is 14.7. The summed E-state index contributed by atoms with van der Waals surface area (Å²) >= 11 is 0. The molecule has 0 saturated heterocycles. The molecular weight excluding hydrogens is 398 g/mol. The third kappa shape index (κ3) is 4.69. The fraction of sp³-hybridized carbons (Fsp3) is 0.261. The highest BCUT2D eigenvalue weighted by Crippen LogP contribution is 2.16. The number of nitrogens with one attached hydrogen (secondary N) is 1. The van der Waals surface area contributed by atoms with Gasteiger partial charge in [-0.15, -0.1) is 0 Å². The van der Waals surface area contributed by atoms with Crippen LogP contribution in [-0.4, -0.2) is 33.3 Å². The lowest BCUT2D eigenvalue weighted by molar-refractivity contribution is -0.123. The number of carbonyl (C=O) groups is 3. The number of fused-ring (bicyclic) bond motifs is 1. The molecule has 1 N–H and O–H groups in total. The van der Waals surface area contributed by atoms with Crippen LogP contribution in [0.4, 0.5) is 5.69 Å². The van der Waals surface area contributed by atoms with E-state index in [1.54, 1.807) is 54.0 Å². The number of ketones is 1. The van der Waals surface area contributed by atoms with Crippen LogP contribution < -0.4 is 10.9 Å². The van der Waals surface area contributed by atoms with Crippen LogP contribution in [0.5, 0.6) is 0 Å². The number of hydrogen-bond donors (Lipinski definition) is 1. The van der Waals surface area contributed by atoms with Crippen molar-refractivity contribution in [1.82, 2.24) is 9.55 Å². The number of benzene rings is 2. The summed E-state index contributed by atoms with van der Waals surface area (Å²) < 4.78 is 6.87. The molecule has 0 aliphatic carbocycles. The van der Waals surface area contributed by atoms with Gasteiger partial charge in [0.25, 0.3) is 11.5 Å². The molecule has 31 heavy (non-hydrogen) atoms. The molecule has 0 bridgehead atoms. The highest BCUT2D eigenvalue weighted by Gasteiger charge is 2.20. The lowest BCUT2D eigenvalue weighted by Crippen LogP contribution is -2.30. The van der Waals surface area contributed by atoms with Gasteiger partial charge in [0.1, 0.15) is 5.69 Å². The molecule has 1 heterocycles. The van der Waals surface area contributed by atoms with Crippen molar-refractivity contribution in [3.8, 4) is 0 Å². The Hall–Kier alpha value is -3.81. The molecule has 160 valence electrons. The molecule has 1 atom stereocenters. The van der Waals surface area contributed by atoms with Crippen molar-refractivity contribution in [2.45, 2.75) is 40.3 Å². The number of ether oxygens (including phenoxy) is 1. The van der Waals surface area contributed by atoms with Crippen LogP contribution in [0.15, 0.2) is 47.3 Å². The second kappa shape index (κ2) is 8.91. The normalized spacial score (nSPS) is 11.7. The summed E-state index contributed by atoms with van der Waals surface area (Å²) in [6.45, 7) is 6.88. The van der Waals surface area contributed by atoms with Crippen molar-refractivity contribution in [1.29, 1.82) is 0 Å². The third-order valence-electron chi connectivity index (χ3n) is 4.87. The number of nitrogens with zero attached hydrogens (tertiary/aromatic N) is 2. The van der Waals surface area contributed by atoms with E-state index in [1.807, 2.05) is 6.92 Å². The lowest BCUT2D eigenvalue weighted by atomic mass is 10.1. The van der Waals surface area contributed by atoms with Gasteiger partial charge in [-0.05, 0) is 70.2 Å². The van der Waals surface area contributed by atoms with E-state index < -0.39 is 18.0 Å². The average Bonchev–Trinajstić information content (AvgIpc) is 2.74. The highest BCUT2D eigenvalue weighted by atomic mass is 16.5. The van der Waals surface area contributed by atoms with E-state index in [-0.39, 0.29) is 16.9 Å². The second-order valence-corrected chi connectivity index (χ2v) is 7.12. The molecule has 8 heteroatoms. The summed E-state index contributed by atoms with van der Waals surface area (Å²) in [5.74, 6) is -1.25. The molecule has 0 unspecified atom stereocenters. The van der Waals surface area contributed by atoms with E-state index in [9.17, 15) is 19.2 Å². The van der Waals surface area contributed by atoms with Gasteiger partial charge >= 0.3 is 5.97 Å². The van der Waals surface area contributed by atoms with Gasteiger partial charge in [-0.25, -0.2) is 9.78 Å². The fourth-order valence-electron chi connectivity index (χ4n) is 3.13. The summed E-state index contributed by atoms with van der Waals surface area (Å²) in [6, 6.07) is 11.1. The van der Waals surface area contributed by atoms with Crippen LogP contribution >= 0.6 is 0 Å². The van der Waals surface area contributed by atoms with Crippen molar-refractivity contribution in [3.05, 3.63) is 69.6 Å². The topological polar surface area (TPSA) is 107 Å². The summed E-state index contributed by atoms with van der Waals surface area (Å²) in [5.41, 5.74) is 2.53. The fourth-order valence-corrected chi connectivity index (χ4v) is 3.13. The van der Waals surface area contributed by atoms with Crippen LogP contribution in [0.3, 0.4) is 0 Å². The van der Waals surface area contributed by atoms with Gasteiger partial charge in [-0.3, -0.25) is 14.4 Å². The molecule has 0 saturated carbocycles. The Balaban J connectivity index is 1.73. The Kier molecular flexibility index (Phi) is 6.29. The van der Waals surface area contributed by atoms with Crippen molar-refractivity contribution < 1.29 is 19.1 Å². The Morgan fingerprint density at radius 1 is 1.10 bits per heavy atom. The van der Waals surface area contributed by atoms with E-state index in [4.69, 9.17) is 4.74 Å². The minimum absolute atomic E-state index is 0.0730. The van der Waals surface area contributed by atoms with Crippen molar-refractivity contribution in [2.24, 2.45) is 0 Å². The largest absolute Gasteiger partial charge is 0.449 e. The smallest absolute Gasteiger partial charge is 0.338 e. The molecule has 8 nitrogen and oxygen atoms in total. The Morgan fingerprint density at radius 2 is 1.74 bits per heavy atom. The zero-order chi connectivity index (χ0) is 22.7. The standard InChI is InChI=1S/C23H23N3O5/c1-5-26-20-11-8-17(12-19(20)24-13(2)22(26)29)23(30)31-15(4)21(28)25-18-9-6-16(7-10-18)14(3)27/h6-12,15H,5H2,1-4H3,(H,25,28)/t15-/m0/s1. The van der Waals surface area contributed by atoms with Gasteiger partial charge in [-0.1, -0.05) is 0 Å². The molecule has 0 aliphatic rings. The average molecular weight is 421 g/mol. The summed E-state index contributed by atoms with van der Waals surface area (Å²) in [4.78, 5) is 52.7. The summed E-state index contributed by atoms with van der Waals surface area (Å²) in [6.07, 6.45) is -1.05. The molecule has 2 aromatic carbocycles. The number of rotatable bonds is 6. The van der Waals surface area contributed by atoms with Crippen LogP contribution in [0.1, 0.15) is 47.2 Å². The second-order valence-electron chi connectivity index (χ2n) is 7.12. The number of Topliss-reactive ketones (excluding diaryl/α,β-unsaturated/α-hetero) is 1. The molecule has 0 radical (unpaired) electrons. The quantitative estimate of drug-likeness (QED) is 0.484. The molecule has 0 aliphatic heterocycles. The lowest BCUT2D eigenvalue weighted by Gasteiger charge is -2.14. The van der Waals surface area contributed by atoms with Gasteiger partial charge < -0.3 is 14.6 Å². The third-order valence-corrected chi connectivity index (χ3v) is 4.87. The molecule has 1 aromatic heterocycles. The van der Waals surface area contributed by atoms with Crippen molar-refractivity contribution >= 4 is 34.4 Å². The van der Waals surface area contributed by atoms with Crippen LogP contribution in [0, 0.1) is 6.92 Å². The minimum Gasteiger partial charge on any atom is -0.449 e. The Morgan fingerprint density at radius 3 is 2.35 bits per heavy atom. The van der Waals surface area contributed by atoms with Gasteiger partial charge in [-0.2, -0.15) is 0 Å². The maximum atomic E-state index is 12.5. The van der Waals surface area contributed by atoms with Gasteiger partial charge in [0.2, 0.25) is 0 Å². The zero-order valence-corrected chi connectivity index (χ0v) is 17.8. The van der Waals surface area contributed by atoms with E-state index in [0.717, 1.165) is 0 Å². The van der Waals surface area contributed by atoms with E-state index in [1.165, 1.54) is 13.8 Å². The molecule has 1 amide bonds. The number of esters is 1. The van der Waals surface area contributed by atoms with Crippen LogP contribution in [0.25, 0.3) is 11.0 Å². The first-order valence-corrected chi connectivity index (χ1v) is 9.85. The summed E-state index contributed by atoms with van der Waals surface area (Å²) in [5, 5.41) is 2.65. The molecular formula is C23H23N3O5. The van der Waals surface area contributed by atoms with Crippen LogP contribution in [-0.2, 0) is 16.1 Å². The number of aryl methyl sites for hydroxylation is 2. The molecule has 0 fully saturated rings. The van der Waals surface area contributed by atoms with Crippen molar-refractivity contribution in [3.63, 3.8) is 0 Å². The van der Waals surface area contributed by atoms with Crippen molar-refractivity contribution in [2.75, 3.05) is 5.32 Å². The van der Waals surface area contributed by atoms with E-state index in [0.29, 0.717) is 34.5 Å². The summed E-state index contributed by atoms with van der Waals surface area (Å²) in [7, 11) is 0. The van der Waals surface area contributed by atoms with Gasteiger partial charge in [0, 0.05) is 17.8 Å². The maximum absolute atomic E-state index is 12.5. The number of aromatic nitrogens is 2. The number of amides is 1. The highest BCUT2D eigenvalue weighted by molar-refractivity contribution is 5.99. The van der Waals surface area contributed by atoms with Gasteiger partial charge in [0.15, 0.2) is 11.9 Å². The maximum Gasteiger partial charge on any atom is 0.338 e. The molecule has 3 aromatic rings. The monoisotopic (exact) mass is 421 g/mol. The number of anilines is 1.